The number of halogens is 4. The van der Waals surface area contributed by atoms with Crippen LogP contribution in [0.3, 0.4) is 0 Å². The van der Waals surface area contributed by atoms with Gasteiger partial charge in [-0.3, -0.25) is 0 Å². The Morgan fingerprint density at radius 3 is 2.54 bits per heavy atom. The molecule has 0 saturated carbocycles. The van der Waals surface area contributed by atoms with Crippen LogP contribution in [0.2, 0.25) is 0 Å². The number of fused-ring (bicyclic) bond motifs is 1. The van der Waals surface area contributed by atoms with Gasteiger partial charge in [-0.1, -0.05) is 0 Å². The van der Waals surface area contributed by atoms with Crippen LogP contribution in [0.25, 0.3) is 10.9 Å². The second-order valence-electron chi connectivity index (χ2n) is 6.64. The van der Waals surface area contributed by atoms with Crippen molar-refractivity contribution in [3.05, 3.63) is 42.0 Å². The van der Waals surface area contributed by atoms with Gasteiger partial charge >= 0.3 is 6.18 Å². The fourth-order valence-electron chi connectivity index (χ4n) is 3.51. The topological polar surface area (TPSA) is 66.9 Å². The van der Waals surface area contributed by atoms with E-state index in [0.717, 1.165) is 6.20 Å². The van der Waals surface area contributed by atoms with E-state index < -0.39 is 17.7 Å². The number of aromatic nitrogens is 4. The second-order valence-corrected chi connectivity index (χ2v) is 6.64. The number of benzene rings is 1. The average Bonchev–Trinajstić information content (AvgIpc) is 3.18. The fraction of sp³-hybridized carbons (Fsp3) is 0.389. The fourth-order valence-corrected chi connectivity index (χ4v) is 3.51. The zero-order chi connectivity index (χ0) is 19.9. The number of H-pyrrole nitrogens is 1. The van der Waals surface area contributed by atoms with Gasteiger partial charge in [0.1, 0.15) is 23.7 Å². The van der Waals surface area contributed by atoms with Crippen LogP contribution in [0, 0.1) is 5.82 Å². The number of nitrogens with one attached hydrogen (secondary N) is 1. The van der Waals surface area contributed by atoms with Crippen molar-refractivity contribution in [1.82, 2.24) is 19.9 Å². The summed E-state index contributed by atoms with van der Waals surface area (Å²) in [6, 6.07) is 2.86. The van der Waals surface area contributed by atoms with Gasteiger partial charge in [0, 0.05) is 30.5 Å². The molecule has 0 aliphatic carbocycles. The molecule has 28 heavy (non-hydrogen) atoms. The maximum atomic E-state index is 13.9. The summed E-state index contributed by atoms with van der Waals surface area (Å²) < 4.78 is 57.3. The zero-order valence-electron chi connectivity index (χ0n) is 14.9. The van der Waals surface area contributed by atoms with Gasteiger partial charge in [0.15, 0.2) is 11.6 Å². The molecule has 0 bridgehead atoms. The van der Waals surface area contributed by atoms with Crippen LogP contribution in [0.4, 0.5) is 23.4 Å². The molecular formula is C18H17F4N5O. The largest absolute Gasteiger partial charge is 0.494 e. The Morgan fingerprint density at radius 1 is 1.14 bits per heavy atom. The van der Waals surface area contributed by atoms with Crippen molar-refractivity contribution in [2.45, 2.75) is 24.9 Å². The highest BCUT2D eigenvalue weighted by Gasteiger charge is 2.34. The first-order chi connectivity index (χ1) is 13.4. The number of hydrogen-bond donors (Lipinski definition) is 1. The number of anilines is 1. The van der Waals surface area contributed by atoms with Crippen molar-refractivity contribution < 1.29 is 22.3 Å². The van der Waals surface area contributed by atoms with Gasteiger partial charge in [-0.15, -0.1) is 0 Å². The van der Waals surface area contributed by atoms with Gasteiger partial charge in [0.25, 0.3) is 0 Å². The van der Waals surface area contributed by atoms with E-state index >= 15 is 0 Å². The second kappa shape index (κ2) is 6.92. The number of ether oxygens (including phenoxy) is 1. The number of imidazole rings is 1. The Bertz CT molecular complexity index is 995. The molecule has 0 unspecified atom stereocenters. The molecule has 3 aromatic rings. The van der Waals surface area contributed by atoms with E-state index in [2.05, 4.69) is 19.9 Å². The smallest absolute Gasteiger partial charge is 0.432 e. The lowest BCUT2D eigenvalue weighted by Crippen LogP contribution is -2.34. The van der Waals surface area contributed by atoms with Gasteiger partial charge in [-0.2, -0.15) is 13.2 Å². The molecule has 0 atom stereocenters. The quantitative estimate of drug-likeness (QED) is 0.682. The van der Waals surface area contributed by atoms with E-state index in [1.165, 1.54) is 19.5 Å². The number of aromatic amines is 1. The Labute approximate surface area is 157 Å². The lowest BCUT2D eigenvalue weighted by Gasteiger charge is -2.32. The van der Waals surface area contributed by atoms with Crippen LogP contribution in [0.1, 0.15) is 30.3 Å². The van der Waals surface area contributed by atoms with Gasteiger partial charge in [0.2, 0.25) is 0 Å². The Hall–Kier alpha value is -2.91. The number of piperidine rings is 1. The molecule has 10 heteroatoms. The molecule has 1 saturated heterocycles. The van der Waals surface area contributed by atoms with Crippen LogP contribution in [0.15, 0.2) is 24.7 Å². The Morgan fingerprint density at radius 2 is 1.89 bits per heavy atom. The third-order valence-corrected chi connectivity index (χ3v) is 4.97. The van der Waals surface area contributed by atoms with E-state index in [1.807, 2.05) is 4.90 Å². The predicted molar refractivity (Wildman–Crippen MR) is 93.8 cm³/mol. The highest BCUT2D eigenvalue weighted by atomic mass is 19.4. The minimum Gasteiger partial charge on any atom is -0.494 e. The molecule has 3 heterocycles. The lowest BCUT2D eigenvalue weighted by molar-refractivity contribution is -0.141. The van der Waals surface area contributed by atoms with Crippen molar-refractivity contribution in [1.29, 1.82) is 0 Å². The Kier molecular flexibility index (Phi) is 4.56. The monoisotopic (exact) mass is 395 g/mol. The first-order valence-corrected chi connectivity index (χ1v) is 8.72. The molecule has 1 fully saturated rings. The minimum atomic E-state index is -4.43. The SMILES string of the molecule is COc1cc2c(N3CCC(c4ncc(C(F)(F)F)[nH]4)CC3)ncnc2cc1F. The number of rotatable bonds is 3. The first-order valence-electron chi connectivity index (χ1n) is 8.72. The summed E-state index contributed by atoms with van der Waals surface area (Å²) >= 11 is 0. The van der Waals surface area contributed by atoms with Crippen molar-refractivity contribution in [2.75, 3.05) is 25.1 Å². The van der Waals surface area contributed by atoms with Crippen molar-refractivity contribution in [3.63, 3.8) is 0 Å². The standard InChI is InChI=1S/C18H17F4N5O/c1-28-14-6-11-13(7-12(14)19)24-9-25-17(11)27-4-2-10(3-5-27)16-23-8-15(26-16)18(20,21)22/h6-10H,2-5H2,1H3,(H,23,26). The highest BCUT2D eigenvalue weighted by molar-refractivity contribution is 5.90. The molecule has 2 aromatic heterocycles. The van der Waals surface area contributed by atoms with Crippen molar-refractivity contribution >= 4 is 16.7 Å². The van der Waals surface area contributed by atoms with Crippen LogP contribution < -0.4 is 9.64 Å². The molecule has 0 spiro atoms. The number of alkyl halides is 3. The molecule has 148 valence electrons. The van der Waals surface area contributed by atoms with Crippen LogP contribution in [0.5, 0.6) is 5.75 Å². The summed E-state index contributed by atoms with van der Waals surface area (Å²) in [4.78, 5) is 16.8. The number of methoxy groups -OCH3 is 1. The summed E-state index contributed by atoms with van der Waals surface area (Å²) in [5.74, 6) is 0.512. The molecular weight excluding hydrogens is 378 g/mol. The van der Waals surface area contributed by atoms with E-state index in [1.54, 1.807) is 6.07 Å². The molecule has 0 radical (unpaired) electrons. The number of hydrogen-bond acceptors (Lipinski definition) is 5. The third kappa shape index (κ3) is 3.34. The molecule has 1 N–H and O–H groups in total. The Balaban J connectivity index is 1.55. The minimum absolute atomic E-state index is 0.0903. The number of nitrogens with zero attached hydrogens (tertiary/aromatic N) is 4. The summed E-state index contributed by atoms with van der Waals surface area (Å²) in [7, 11) is 1.39. The van der Waals surface area contributed by atoms with Crippen molar-refractivity contribution in [2.24, 2.45) is 0 Å². The maximum Gasteiger partial charge on any atom is 0.432 e. The lowest BCUT2D eigenvalue weighted by atomic mass is 9.96. The van der Waals surface area contributed by atoms with Gasteiger partial charge in [0.05, 0.1) is 18.8 Å². The molecule has 0 amide bonds. The summed E-state index contributed by atoms with van der Waals surface area (Å²) in [6.45, 7) is 1.16. The van der Waals surface area contributed by atoms with E-state index in [9.17, 15) is 17.6 Å². The predicted octanol–water partition coefficient (Wildman–Crippen LogP) is 3.90. The van der Waals surface area contributed by atoms with Gasteiger partial charge in [-0.25, -0.2) is 19.3 Å². The third-order valence-electron chi connectivity index (χ3n) is 4.97. The first kappa shape index (κ1) is 18.5. The van der Waals surface area contributed by atoms with Crippen LogP contribution in [-0.4, -0.2) is 40.1 Å². The molecule has 1 aliphatic rings. The molecule has 1 aliphatic heterocycles. The van der Waals surface area contributed by atoms with Crippen LogP contribution in [-0.2, 0) is 6.18 Å². The molecule has 4 rings (SSSR count). The zero-order valence-corrected chi connectivity index (χ0v) is 14.9. The van der Waals surface area contributed by atoms with Crippen molar-refractivity contribution in [3.8, 4) is 5.75 Å². The van der Waals surface area contributed by atoms with Gasteiger partial charge < -0.3 is 14.6 Å². The average molecular weight is 395 g/mol. The molecule has 1 aromatic carbocycles. The van der Waals surface area contributed by atoms with E-state index in [-0.39, 0.29) is 11.7 Å². The van der Waals surface area contributed by atoms with E-state index in [0.29, 0.717) is 48.5 Å². The molecule has 6 nitrogen and oxygen atoms in total. The summed E-state index contributed by atoms with van der Waals surface area (Å²) in [6.07, 6.45) is -0.984. The highest BCUT2D eigenvalue weighted by Crippen LogP contribution is 2.34. The normalized spacial score (nSPS) is 16.0. The maximum absolute atomic E-state index is 13.9. The summed E-state index contributed by atoms with van der Waals surface area (Å²) in [5, 5.41) is 0.663. The van der Waals surface area contributed by atoms with Gasteiger partial charge in [-0.05, 0) is 18.9 Å². The van der Waals surface area contributed by atoms with E-state index in [4.69, 9.17) is 4.74 Å². The van der Waals surface area contributed by atoms with Crippen LogP contribution >= 0.6 is 0 Å². The summed E-state index contributed by atoms with van der Waals surface area (Å²) in [5.41, 5.74) is -0.368.